The van der Waals surface area contributed by atoms with E-state index in [2.05, 4.69) is 15.5 Å². The molecule has 1 N–H and O–H groups in total. The molecule has 1 aromatic carbocycles. The van der Waals surface area contributed by atoms with E-state index in [1.54, 1.807) is 30.5 Å². The van der Waals surface area contributed by atoms with Crippen LogP contribution < -0.4 is 5.43 Å². The third-order valence-corrected chi connectivity index (χ3v) is 3.12. The highest BCUT2D eigenvalue weighted by atomic mass is 16.1. The molecule has 0 saturated heterocycles. The van der Waals surface area contributed by atoms with Crippen LogP contribution >= 0.6 is 0 Å². The summed E-state index contributed by atoms with van der Waals surface area (Å²) in [5.74, 6) is 0.657. The average Bonchev–Trinajstić information content (AvgIpc) is 2.55. The predicted octanol–water partition coefficient (Wildman–Crippen LogP) is 3.32. The van der Waals surface area contributed by atoms with Gasteiger partial charge in [0, 0.05) is 23.7 Å². The Morgan fingerprint density at radius 2 is 1.82 bits per heavy atom. The van der Waals surface area contributed by atoms with Crippen molar-refractivity contribution in [2.75, 3.05) is 5.43 Å². The molecule has 22 heavy (non-hydrogen) atoms. The van der Waals surface area contributed by atoms with Crippen LogP contribution in [0.2, 0.25) is 0 Å². The molecule has 2 rings (SSSR count). The lowest BCUT2D eigenvalue weighted by Gasteiger charge is -2.01. The van der Waals surface area contributed by atoms with Gasteiger partial charge in [-0.1, -0.05) is 31.2 Å². The van der Waals surface area contributed by atoms with Crippen molar-refractivity contribution in [3.8, 4) is 0 Å². The van der Waals surface area contributed by atoms with Crippen LogP contribution in [0.3, 0.4) is 0 Å². The number of pyridine rings is 1. The summed E-state index contributed by atoms with van der Waals surface area (Å²) in [7, 11) is 0. The zero-order chi connectivity index (χ0) is 15.9. The molecule has 0 aliphatic carbocycles. The largest absolute Gasteiger partial charge is 0.295 e. The first-order valence-corrected chi connectivity index (χ1v) is 6.99. The molecule has 1 heterocycles. The number of hydrogen-bond donors (Lipinski definition) is 1. The number of nitrogens with one attached hydrogen (secondary N) is 1. The molecule has 0 radical (unpaired) electrons. The van der Waals surface area contributed by atoms with Gasteiger partial charge in [-0.25, -0.2) is 4.98 Å². The number of benzene rings is 1. The van der Waals surface area contributed by atoms with Gasteiger partial charge in [-0.15, -0.1) is 0 Å². The summed E-state index contributed by atoms with van der Waals surface area (Å²) in [6.07, 6.45) is 3.63. The number of hydrogen-bond acceptors (Lipinski definition) is 5. The first-order chi connectivity index (χ1) is 10.6. The summed E-state index contributed by atoms with van der Waals surface area (Å²) < 4.78 is 0. The molecule has 1 aromatic heterocycles. The molecule has 0 aliphatic heterocycles. The fourth-order valence-corrected chi connectivity index (χ4v) is 1.81. The number of anilines is 1. The van der Waals surface area contributed by atoms with Crippen molar-refractivity contribution in [3.63, 3.8) is 0 Å². The van der Waals surface area contributed by atoms with Gasteiger partial charge in [0.05, 0.1) is 6.21 Å². The van der Waals surface area contributed by atoms with Crippen LogP contribution in [0.4, 0.5) is 5.82 Å². The van der Waals surface area contributed by atoms with E-state index in [9.17, 15) is 9.59 Å². The van der Waals surface area contributed by atoms with Crippen LogP contribution in [0, 0.1) is 0 Å². The van der Waals surface area contributed by atoms with Crippen LogP contribution in [-0.4, -0.2) is 22.8 Å². The monoisotopic (exact) mass is 295 g/mol. The van der Waals surface area contributed by atoms with E-state index >= 15 is 0 Å². The summed E-state index contributed by atoms with van der Waals surface area (Å²) in [6.45, 7) is 3.35. The zero-order valence-corrected chi connectivity index (χ0v) is 12.5. The number of Topliss-reactive ketones (excluding diaryl/α,β-unsaturated/α-hetero) is 2. The molecule has 5 heteroatoms. The van der Waals surface area contributed by atoms with E-state index in [1.807, 2.05) is 19.1 Å². The molecular formula is C17H17N3O2. The Balaban J connectivity index is 1.97. The molecule has 0 unspecified atom stereocenters. The van der Waals surface area contributed by atoms with Gasteiger partial charge in [0.2, 0.25) is 0 Å². The fourth-order valence-electron chi connectivity index (χ4n) is 1.81. The van der Waals surface area contributed by atoms with Gasteiger partial charge in [-0.3, -0.25) is 15.0 Å². The number of rotatable bonds is 6. The highest BCUT2D eigenvalue weighted by Gasteiger charge is 2.02. The van der Waals surface area contributed by atoms with E-state index in [4.69, 9.17) is 0 Å². The van der Waals surface area contributed by atoms with Crippen molar-refractivity contribution in [3.05, 3.63) is 59.3 Å². The van der Waals surface area contributed by atoms with Crippen molar-refractivity contribution in [2.45, 2.75) is 20.3 Å². The average molecular weight is 295 g/mol. The minimum atomic E-state index is 0.0347. The molecule has 0 saturated carbocycles. The predicted molar refractivity (Wildman–Crippen MR) is 86.5 cm³/mol. The number of carbonyl (C=O) groups is 2. The van der Waals surface area contributed by atoms with Gasteiger partial charge in [0.25, 0.3) is 0 Å². The third-order valence-electron chi connectivity index (χ3n) is 3.12. The number of nitrogens with zero attached hydrogens (tertiary/aromatic N) is 2. The maximum atomic E-state index is 11.5. The van der Waals surface area contributed by atoms with Crippen molar-refractivity contribution in [1.82, 2.24) is 4.98 Å². The van der Waals surface area contributed by atoms with Crippen LogP contribution in [0.15, 0.2) is 47.7 Å². The van der Waals surface area contributed by atoms with Crippen molar-refractivity contribution >= 4 is 23.6 Å². The quantitative estimate of drug-likeness (QED) is 0.504. The number of carbonyl (C=O) groups excluding carboxylic acids is 2. The van der Waals surface area contributed by atoms with E-state index < -0.39 is 0 Å². The Bertz CT molecular complexity index is 689. The van der Waals surface area contributed by atoms with Gasteiger partial charge in [0.15, 0.2) is 11.6 Å². The molecule has 0 aliphatic rings. The van der Waals surface area contributed by atoms with Crippen molar-refractivity contribution < 1.29 is 9.59 Å². The maximum Gasteiger partial charge on any atom is 0.164 e. The third kappa shape index (κ3) is 4.09. The second kappa shape index (κ2) is 7.26. The molecule has 0 spiro atoms. The number of hydrazone groups is 1. The van der Waals surface area contributed by atoms with Crippen LogP contribution in [-0.2, 0) is 0 Å². The van der Waals surface area contributed by atoms with Crippen LogP contribution in [0.5, 0.6) is 0 Å². The first-order valence-electron chi connectivity index (χ1n) is 6.99. The lowest BCUT2D eigenvalue weighted by molar-refractivity contribution is 0.0985. The van der Waals surface area contributed by atoms with E-state index in [1.165, 1.54) is 13.1 Å². The second-order valence-electron chi connectivity index (χ2n) is 4.76. The van der Waals surface area contributed by atoms with Gasteiger partial charge in [-0.05, 0) is 24.6 Å². The van der Waals surface area contributed by atoms with E-state index in [0.29, 0.717) is 23.4 Å². The maximum absolute atomic E-state index is 11.5. The summed E-state index contributed by atoms with van der Waals surface area (Å²) in [4.78, 5) is 26.8. The standard InChI is InChI=1S/C17H17N3O2/c1-3-16(22)15-8-9-17(18-11-15)20-19-10-13-4-6-14(7-5-13)12(2)21/h4-11H,3H2,1-2H3,(H,18,20)/b19-10-. The molecule has 2 aromatic rings. The molecule has 112 valence electrons. The summed E-state index contributed by atoms with van der Waals surface area (Å²) in [5, 5.41) is 4.07. The highest BCUT2D eigenvalue weighted by molar-refractivity contribution is 5.96. The number of ketones is 2. The summed E-state index contributed by atoms with van der Waals surface area (Å²) in [5.41, 5.74) is 4.93. The minimum absolute atomic E-state index is 0.0347. The fraction of sp³-hybridized carbons (Fsp3) is 0.176. The smallest absolute Gasteiger partial charge is 0.164 e. The summed E-state index contributed by atoms with van der Waals surface area (Å²) in [6, 6.07) is 10.6. The Labute approximate surface area is 129 Å². The topological polar surface area (TPSA) is 71.4 Å². The first kappa shape index (κ1) is 15.6. The van der Waals surface area contributed by atoms with Gasteiger partial charge >= 0.3 is 0 Å². The number of aromatic nitrogens is 1. The minimum Gasteiger partial charge on any atom is -0.295 e. The Kier molecular flexibility index (Phi) is 5.14. The van der Waals surface area contributed by atoms with Crippen LogP contribution in [0.25, 0.3) is 0 Å². The van der Waals surface area contributed by atoms with Crippen molar-refractivity contribution in [1.29, 1.82) is 0 Å². The molecule has 0 amide bonds. The molecule has 0 fully saturated rings. The Morgan fingerprint density at radius 1 is 1.14 bits per heavy atom. The van der Waals surface area contributed by atoms with Crippen LogP contribution in [0.1, 0.15) is 46.5 Å². The Morgan fingerprint density at radius 3 is 2.36 bits per heavy atom. The van der Waals surface area contributed by atoms with Gasteiger partial charge in [0.1, 0.15) is 5.82 Å². The molecule has 0 bridgehead atoms. The van der Waals surface area contributed by atoms with Gasteiger partial charge < -0.3 is 0 Å². The Hall–Kier alpha value is -2.82. The molecule has 0 atom stereocenters. The zero-order valence-electron chi connectivity index (χ0n) is 12.5. The lowest BCUT2D eigenvalue weighted by Crippen LogP contribution is -1.99. The SMILES string of the molecule is CCC(=O)c1ccc(N/N=C\c2ccc(C(C)=O)cc2)nc1. The highest BCUT2D eigenvalue weighted by Crippen LogP contribution is 2.07. The normalized spacial score (nSPS) is 10.6. The molecular weight excluding hydrogens is 278 g/mol. The second-order valence-corrected chi connectivity index (χ2v) is 4.76. The van der Waals surface area contributed by atoms with Gasteiger partial charge in [-0.2, -0.15) is 5.10 Å². The van der Waals surface area contributed by atoms with E-state index in [0.717, 1.165) is 5.56 Å². The van der Waals surface area contributed by atoms with E-state index in [-0.39, 0.29) is 11.6 Å². The van der Waals surface area contributed by atoms with Crippen molar-refractivity contribution in [2.24, 2.45) is 5.10 Å². The summed E-state index contributed by atoms with van der Waals surface area (Å²) >= 11 is 0. The lowest BCUT2D eigenvalue weighted by atomic mass is 10.1. The molecule has 5 nitrogen and oxygen atoms in total.